The summed E-state index contributed by atoms with van der Waals surface area (Å²) in [5.74, 6) is 0.659. The number of methoxy groups -OCH3 is 1. The summed E-state index contributed by atoms with van der Waals surface area (Å²) in [6, 6.07) is 0.189. The van der Waals surface area contributed by atoms with E-state index in [1.54, 1.807) is 7.11 Å². The Morgan fingerprint density at radius 1 is 1.59 bits per heavy atom. The Morgan fingerprint density at radius 3 is 2.88 bits per heavy atom. The molecule has 0 aromatic carbocycles. The van der Waals surface area contributed by atoms with Crippen LogP contribution >= 0.6 is 0 Å². The molecule has 1 saturated heterocycles. The fourth-order valence-electron chi connectivity index (χ4n) is 2.09. The third-order valence-electron chi connectivity index (χ3n) is 3.06. The van der Waals surface area contributed by atoms with E-state index in [-0.39, 0.29) is 17.4 Å². The van der Waals surface area contributed by atoms with E-state index in [9.17, 15) is 4.21 Å². The molecule has 1 aliphatic heterocycles. The van der Waals surface area contributed by atoms with Gasteiger partial charge in [-0.25, -0.2) is 0 Å². The van der Waals surface area contributed by atoms with Crippen molar-refractivity contribution in [3.63, 3.8) is 0 Å². The molecule has 0 aromatic heterocycles. The molecule has 17 heavy (non-hydrogen) atoms. The van der Waals surface area contributed by atoms with E-state index in [2.05, 4.69) is 12.2 Å². The average Bonchev–Trinajstić information content (AvgIpc) is 2.72. The number of nitrogens with one attached hydrogen (secondary N) is 1. The van der Waals surface area contributed by atoms with E-state index in [1.807, 2.05) is 6.92 Å². The summed E-state index contributed by atoms with van der Waals surface area (Å²) in [7, 11) is 0.857. The third kappa shape index (κ3) is 5.04. The van der Waals surface area contributed by atoms with Crippen molar-refractivity contribution in [2.45, 2.75) is 44.1 Å². The number of hydrogen-bond donors (Lipinski definition) is 1. The van der Waals surface area contributed by atoms with Crippen LogP contribution in [0.4, 0.5) is 0 Å². The Hall–Kier alpha value is 0.0300. The molecule has 0 spiro atoms. The largest absolute Gasteiger partial charge is 0.383 e. The first-order valence-electron chi connectivity index (χ1n) is 6.40. The lowest BCUT2D eigenvalue weighted by atomic mass is 10.3. The van der Waals surface area contributed by atoms with Gasteiger partial charge in [0.15, 0.2) is 0 Å². The molecular formula is C12H25NO3S. The van der Waals surface area contributed by atoms with Crippen LogP contribution in [0.25, 0.3) is 0 Å². The van der Waals surface area contributed by atoms with E-state index in [1.165, 1.54) is 0 Å². The highest BCUT2D eigenvalue weighted by atomic mass is 32.2. The molecule has 4 unspecified atom stereocenters. The Kier molecular flexibility index (Phi) is 7.27. The molecule has 1 N–H and O–H groups in total. The predicted octanol–water partition coefficient (Wildman–Crippen LogP) is 0.927. The highest BCUT2D eigenvalue weighted by Gasteiger charge is 2.30. The molecule has 102 valence electrons. The summed E-state index contributed by atoms with van der Waals surface area (Å²) in [6.07, 6.45) is 2.13. The van der Waals surface area contributed by atoms with Gasteiger partial charge in [-0.05, 0) is 26.3 Å². The SMILES string of the molecule is CCCNC(COC)CS(=O)C1CCOC1C. The van der Waals surface area contributed by atoms with Crippen LogP contribution in [0.15, 0.2) is 0 Å². The Labute approximate surface area is 107 Å². The first-order chi connectivity index (χ1) is 8.19. The van der Waals surface area contributed by atoms with Crippen LogP contribution < -0.4 is 5.32 Å². The molecule has 1 rings (SSSR count). The summed E-state index contributed by atoms with van der Waals surface area (Å²) < 4.78 is 22.9. The lowest BCUT2D eigenvalue weighted by molar-refractivity contribution is 0.126. The van der Waals surface area contributed by atoms with Gasteiger partial charge in [0.25, 0.3) is 0 Å². The van der Waals surface area contributed by atoms with Crippen molar-refractivity contribution in [1.29, 1.82) is 0 Å². The number of rotatable bonds is 8. The van der Waals surface area contributed by atoms with Gasteiger partial charge < -0.3 is 14.8 Å². The first-order valence-corrected chi connectivity index (χ1v) is 7.78. The normalized spacial score (nSPS) is 28.2. The highest BCUT2D eigenvalue weighted by molar-refractivity contribution is 7.85. The average molecular weight is 263 g/mol. The standard InChI is InChI=1S/C12H25NO3S/c1-4-6-13-11(8-15-3)9-17(14)12-5-7-16-10(12)2/h10-13H,4-9H2,1-3H3. The van der Waals surface area contributed by atoms with Gasteiger partial charge in [0.1, 0.15) is 0 Å². The maximum absolute atomic E-state index is 12.2. The molecule has 0 aliphatic carbocycles. The quantitative estimate of drug-likeness (QED) is 0.707. The molecule has 0 aromatic rings. The van der Waals surface area contributed by atoms with Gasteiger partial charge in [-0.1, -0.05) is 6.92 Å². The Morgan fingerprint density at radius 2 is 2.35 bits per heavy atom. The second kappa shape index (κ2) is 8.19. The summed E-state index contributed by atoms with van der Waals surface area (Å²) >= 11 is 0. The summed E-state index contributed by atoms with van der Waals surface area (Å²) in [5.41, 5.74) is 0. The summed E-state index contributed by atoms with van der Waals surface area (Å²) in [5, 5.41) is 3.57. The van der Waals surface area contributed by atoms with Crippen molar-refractivity contribution in [3.8, 4) is 0 Å². The maximum Gasteiger partial charge on any atom is 0.0691 e. The van der Waals surface area contributed by atoms with E-state index in [0.717, 1.165) is 26.0 Å². The molecule has 4 nitrogen and oxygen atoms in total. The Balaban J connectivity index is 2.39. The summed E-state index contributed by atoms with van der Waals surface area (Å²) in [4.78, 5) is 0. The zero-order valence-corrected chi connectivity index (χ0v) is 11.9. The first kappa shape index (κ1) is 15.1. The van der Waals surface area contributed by atoms with Gasteiger partial charge in [-0.15, -0.1) is 0 Å². The molecular weight excluding hydrogens is 238 g/mol. The van der Waals surface area contributed by atoms with E-state index < -0.39 is 10.8 Å². The molecule has 4 atom stereocenters. The topological polar surface area (TPSA) is 47.6 Å². The minimum Gasteiger partial charge on any atom is -0.383 e. The van der Waals surface area contributed by atoms with Gasteiger partial charge in [0.05, 0.1) is 18.0 Å². The molecule has 1 aliphatic rings. The lowest BCUT2D eigenvalue weighted by Crippen LogP contribution is -2.41. The molecule has 0 amide bonds. The van der Waals surface area contributed by atoms with E-state index in [0.29, 0.717) is 12.4 Å². The monoisotopic (exact) mass is 263 g/mol. The van der Waals surface area contributed by atoms with Crippen molar-refractivity contribution in [2.75, 3.05) is 32.6 Å². The molecule has 1 fully saturated rings. The second-order valence-corrected chi connectivity index (χ2v) is 6.26. The van der Waals surface area contributed by atoms with Crippen LogP contribution in [-0.4, -0.2) is 54.2 Å². The van der Waals surface area contributed by atoms with Gasteiger partial charge >= 0.3 is 0 Å². The van der Waals surface area contributed by atoms with Crippen molar-refractivity contribution < 1.29 is 13.7 Å². The van der Waals surface area contributed by atoms with Crippen LogP contribution in [0, 0.1) is 0 Å². The zero-order chi connectivity index (χ0) is 12.7. The van der Waals surface area contributed by atoms with Crippen LogP contribution in [0.5, 0.6) is 0 Å². The number of hydrogen-bond acceptors (Lipinski definition) is 4. The van der Waals surface area contributed by atoms with Crippen molar-refractivity contribution in [3.05, 3.63) is 0 Å². The van der Waals surface area contributed by atoms with Gasteiger partial charge in [-0.3, -0.25) is 4.21 Å². The van der Waals surface area contributed by atoms with Crippen LogP contribution in [0.2, 0.25) is 0 Å². The lowest BCUT2D eigenvalue weighted by Gasteiger charge is -2.20. The fraction of sp³-hybridized carbons (Fsp3) is 1.00. The zero-order valence-electron chi connectivity index (χ0n) is 11.1. The van der Waals surface area contributed by atoms with Crippen LogP contribution in [-0.2, 0) is 20.3 Å². The predicted molar refractivity (Wildman–Crippen MR) is 70.8 cm³/mol. The Bertz CT molecular complexity index is 238. The molecule has 0 radical (unpaired) electrons. The van der Waals surface area contributed by atoms with E-state index >= 15 is 0 Å². The number of ether oxygens (including phenoxy) is 2. The highest BCUT2D eigenvalue weighted by Crippen LogP contribution is 2.19. The van der Waals surface area contributed by atoms with Gasteiger partial charge in [0, 0.05) is 36.3 Å². The molecule has 0 bridgehead atoms. The second-order valence-electron chi connectivity index (χ2n) is 4.56. The minimum absolute atomic E-state index is 0.130. The fourth-order valence-corrected chi connectivity index (χ4v) is 3.82. The van der Waals surface area contributed by atoms with Crippen molar-refractivity contribution in [1.82, 2.24) is 5.32 Å². The molecule has 1 heterocycles. The van der Waals surface area contributed by atoms with Gasteiger partial charge in [0.2, 0.25) is 0 Å². The van der Waals surface area contributed by atoms with Crippen LogP contribution in [0.3, 0.4) is 0 Å². The van der Waals surface area contributed by atoms with E-state index in [4.69, 9.17) is 9.47 Å². The van der Waals surface area contributed by atoms with Crippen LogP contribution in [0.1, 0.15) is 26.7 Å². The third-order valence-corrected chi connectivity index (χ3v) is 5.09. The summed E-state index contributed by atoms with van der Waals surface area (Å²) in [6.45, 7) is 6.45. The van der Waals surface area contributed by atoms with Crippen molar-refractivity contribution in [2.24, 2.45) is 0 Å². The van der Waals surface area contributed by atoms with Crippen molar-refractivity contribution >= 4 is 10.8 Å². The minimum atomic E-state index is -0.828. The molecule has 5 heteroatoms. The molecule has 0 saturated carbocycles. The van der Waals surface area contributed by atoms with Gasteiger partial charge in [-0.2, -0.15) is 0 Å². The maximum atomic E-state index is 12.2. The smallest absolute Gasteiger partial charge is 0.0691 e.